The number of rotatable bonds is 6. The van der Waals surface area contributed by atoms with Gasteiger partial charge in [0.05, 0.1) is 10.7 Å². The third-order valence-corrected chi connectivity index (χ3v) is 3.40. The molecule has 1 aromatic carbocycles. The van der Waals surface area contributed by atoms with E-state index in [1.807, 2.05) is 12.1 Å². The molecule has 0 radical (unpaired) electrons. The lowest BCUT2D eigenvalue weighted by Gasteiger charge is -2.25. The van der Waals surface area contributed by atoms with Gasteiger partial charge in [0.1, 0.15) is 0 Å². The molecule has 0 heterocycles. The fourth-order valence-electron chi connectivity index (χ4n) is 2.37. The van der Waals surface area contributed by atoms with Gasteiger partial charge < -0.3 is 5.32 Å². The van der Waals surface area contributed by atoms with E-state index in [4.69, 9.17) is 11.6 Å². The van der Waals surface area contributed by atoms with Gasteiger partial charge in [-0.25, -0.2) is 0 Å². The van der Waals surface area contributed by atoms with Crippen molar-refractivity contribution < 1.29 is 0 Å². The van der Waals surface area contributed by atoms with Crippen LogP contribution in [0.15, 0.2) is 18.2 Å². The van der Waals surface area contributed by atoms with Crippen LogP contribution in [0.1, 0.15) is 46.1 Å². The lowest BCUT2D eigenvalue weighted by atomic mass is 9.95. The molecule has 1 rings (SSSR count). The molecule has 0 saturated heterocycles. The lowest BCUT2D eigenvalue weighted by molar-refractivity contribution is 0.442. The molecule has 1 aromatic rings. The smallest absolute Gasteiger partial charge is 0.0640 e. The first-order valence-electron chi connectivity index (χ1n) is 6.91. The quantitative estimate of drug-likeness (QED) is 0.715. The molecule has 0 bridgehead atoms. The predicted octanol–water partition coefficient (Wildman–Crippen LogP) is 5.52. The van der Waals surface area contributed by atoms with E-state index in [1.165, 1.54) is 18.4 Å². The first kappa shape index (κ1) is 15.4. The average Bonchev–Trinajstić information content (AvgIpc) is 2.21. The van der Waals surface area contributed by atoms with E-state index in [9.17, 15) is 0 Å². The van der Waals surface area contributed by atoms with Crippen molar-refractivity contribution in [3.8, 4) is 0 Å². The Morgan fingerprint density at radius 1 is 1.06 bits per heavy atom. The molecule has 0 unspecified atom stereocenters. The molecular formula is C16H26ClN. The van der Waals surface area contributed by atoms with Gasteiger partial charge in [-0.2, -0.15) is 0 Å². The maximum atomic E-state index is 6.28. The van der Waals surface area contributed by atoms with Crippen LogP contribution >= 0.6 is 11.6 Å². The van der Waals surface area contributed by atoms with Crippen LogP contribution in [-0.2, 0) is 0 Å². The summed E-state index contributed by atoms with van der Waals surface area (Å²) >= 11 is 6.28. The van der Waals surface area contributed by atoms with Crippen molar-refractivity contribution in [2.75, 3.05) is 5.32 Å². The van der Waals surface area contributed by atoms with Gasteiger partial charge in [-0.15, -0.1) is 0 Å². The summed E-state index contributed by atoms with van der Waals surface area (Å²) in [6.45, 7) is 11.2. The lowest BCUT2D eigenvalue weighted by Crippen LogP contribution is -2.24. The van der Waals surface area contributed by atoms with Gasteiger partial charge in [0, 0.05) is 6.04 Å². The summed E-state index contributed by atoms with van der Waals surface area (Å²) in [6.07, 6.45) is 2.37. The summed E-state index contributed by atoms with van der Waals surface area (Å²) in [5.41, 5.74) is 2.32. The fourth-order valence-corrected chi connectivity index (χ4v) is 2.65. The summed E-state index contributed by atoms with van der Waals surface area (Å²) in [4.78, 5) is 0. The Labute approximate surface area is 117 Å². The highest BCUT2D eigenvalue weighted by molar-refractivity contribution is 6.33. The summed E-state index contributed by atoms with van der Waals surface area (Å²) in [7, 11) is 0. The molecule has 0 aliphatic carbocycles. The molecule has 102 valence electrons. The standard InChI is InChI=1S/C16H26ClN/c1-11(2)9-14(10-12(3)4)18-16-13(5)7-6-8-15(16)17/h6-8,11-12,14,18H,9-10H2,1-5H3. The highest BCUT2D eigenvalue weighted by atomic mass is 35.5. The van der Waals surface area contributed by atoms with Crippen LogP contribution in [-0.4, -0.2) is 6.04 Å². The minimum absolute atomic E-state index is 0.503. The summed E-state index contributed by atoms with van der Waals surface area (Å²) in [5, 5.41) is 4.47. The summed E-state index contributed by atoms with van der Waals surface area (Å²) in [6, 6.07) is 6.57. The topological polar surface area (TPSA) is 12.0 Å². The summed E-state index contributed by atoms with van der Waals surface area (Å²) < 4.78 is 0. The normalized spacial score (nSPS) is 11.6. The van der Waals surface area contributed by atoms with E-state index in [-0.39, 0.29) is 0 Å². The van der Waals surface area contributed by atoms with E-state index >= 15 is 0 Å². The summed E-state index contributed by atoms with van der Waals surface area (Å²) in [5.74, 6) is 1.40. The number of halogens is 1. The van der Waals surface area contributed by atoms with Crippen molar-refractivity contribution in [3.05, 3.63) is 28.8 Å². The zero-order chi connectivity index (χ0) is 13.7. The first-order chi connectivity index (χ1) is 8.40. The van der Waals surface area contributed by atoms with Gasteiger partial charge in [0.25, 0.3) is 0 Å². The van der Waals surface area contributed by atoms with Crippen molar-refractivity contribution in [1.82, 2.24) is 0 Å². The van der Waals surface area contributed by atoms with Gasteiger partial charge >= 0.3 is 0 Å². The minimum atomic E-state index is 0.503. The molecule has 0 amide bonds. The van der Waals surface area contributed by atoms with Crippen molar-refractivity contribution in [1.29, 1.82) is 0 Å². The number of benzene rings is 1. The van der Waals surface area contributed by atoms with E-state index in [0.29, 0.717) is 17.9 Å². The van der Waals surface area contributed by atoms with Crippen molar-refractivity contribution in [3.63, 3.8) is 0 Å². The molecule has 0 spiro atoms. The second-order valence-electron chi connectivity index (χ2n) is 6.03. The monoisotopic (exact) mass is 267 g/mol. The second-order valence-corrected chi connectivity index (χ2v) is 6.44. The highest BCUT2D eigenvalue weighted by Gasteiger charge is 2.15. The van der Waals surface area contributed by atoms with Gasteiger partial charge in [0.15, 0.2) is 0 Å². The van der Waals surface area contributed by atoms with Gasteiger partial charge in [-0.1, -0.05) is 51.4 Å². The van der Waals surface area contributed by atoms with Gasteiger partial charge in [0.2, 0.25) is 0 Å². The highest BCUT2D eigenvalue weighted by Crippen LogP contribution is 2.28. The Hall–Kier alpha value is -0.690. The van der Waals surface area contributed by atoms with E-state index in [1.54, 1.807) is 0 Å². The molecule has 0 saturated carbocycles. The van der Waals surface area contributed by atoms with Crippen LogP contribution in [0.25, 0.3) is 0 Å². The molecular weight excluding hydrogens is 242 g/mol. The minimum Gasteiger partial charge on any atom is -0.381 e. The molecule has 18 heavy (non-hydrogen) atoms. The molecule has 0 aliphatic rings. The molecule has 2 heteroatoms. The molecule has 0 aliphatic heterocycles. The first-order valence-corrected chi connectivity index (χ1v) is 7.29. The third kappa shape index (κ3) is 4.89. The SMILES string of the molecule is Cc1cccc(Cl)c1NC(CC(C)C)CC(C)C. The van der Waals surface area contributed by atoms with Crippen LogP contribution in [0.4, 0.5) is 5.69 Å². The zero-order valence-corrected chi connectivity index (χ0v) is 13.0. The largest absolute Gasteiger partial charge is 0.381 e. The van der Waals surface area contributed by atoms with Gasteiger partial charge in [-0.05, 0) is 43.2 Å². The van der Waals surface area contributed by atoms with Crippen molar-refractivity contribution in [2.45, 2.75) is 53.5 Å². The zero-order valence-electron chi connectivity index (χ0n) is 12.3. The fraction of sp³-hybridized carbons (Fsp3) is 0.625. The van der Waals surface area contributed by atoms with Crippen LogP contribution in [0, 0.1) is 18.8 Å². The predicted molar refractivity (Wildman–Crippen MR) is 82.5 cm³/mol. The number of hydrogen-bond donors (Lipinski definition) is 1. The Kier molecular flexibility index (Phi) is 6.01. The number of anilines is 1. The molecule has 0 fully saturated rings. The molecule has 0 atom stereocenters. The maximum Gasteiger partial charge on any atom is 0.0640 e. The number of aryl methyl sites for hydroxylation is 1. The number of hydrogen-bond acceptors (Lipinski definition) is 1. The Morgan fingerprint density at radius 2 is 1.61 bits per heavy atom. The molecule has 0 aromatic heterocycles. The number of para-hydroxylation sites is 1. The van der Waals surface area contributed by atoms with Crippen molar-refractivity contribution >= 4 is 17.3 Å². The van der Waals surface area contributed by atoms with E-state index in [0.717, 1.165) is 10.7 Å². The van der Waals surface area contributed by atoms with E-state index < -0.39 is 0 Å². The van der Waals surface area contributed by atoms with E-state index in [2.05, 4.69) is 46.0 Å². The Balaban J connectivity index is 2.81. The third-order valence-electron chi connectivity index (χ3n) is 3.08. The number of nitrogens with one attached hydrogen (secondary N) is 1. The molecule has 1 N–H and O–H groups in total. The average molecular weight is 268 g/mol. The Bertz CT molecular complexity index is 341. The maximum absolute atomic E-state index is 6.28. The van der Waals surface area contributed by atoms with Crippen molar-refractivity contribution in [2.24, 2.45) is 11.8 Å². The van der Waals surface area contributed by atoms with Crippen LogP contribution < -0.4 is 5.32 Å². The van der Waals surface area contributed by atoms with Crippen LogP contribution in [0.5, 0.6) is 0 Å². The van der Waals surface area contributed by atoms with Crippen LogP contribution in [0.2, 0.25) is 5.02 Å². The van der Waals surface area contributed by atoms with Gasteiger partial charge in [-0.3, -0.25) is 0 Å². The molecule has 1 nitrogen and oxygen atoms in total. The second kappa shape index (κ2) is 7.04. The van der Waals surface area contributed by atoms with Crippen LogP contribution in [0.3, 0.4) is 0 Å². The Morgan fingerprint density at radius 3 is 2.06 bits per heavy atom.